The van der Waals surface area contributed by atoms with Crippen molar-refractivity contribution in [2.24, 2.45) is 0 Å². The number of benzene rings is 2. The summed E-state index contributed by atoms with van der Waals surface area (Å²) >= 11 is 45.2. The highest BCUT2D eigenvalue weighted by molar-refractivity contribution is 8.47. The van der Waals surface area contributed by atoms with Crippen molar-refractivity contribution in [1.29, 1.82) is 0 Å². The molecule has 2 aromatic rings. The second-order valence-electron chi connectivity index (χ2n) is 6.73. The molecule has 0 N–H and O–H groups in total. The number of thioether (sulfide) groups is 2. The molecule has 164 valence electrons. The molecule has 0 amide bonds. The van der Waals surface area contributed by atoms with Crippen LogP contribution in [0.25, 0.3) is 0 Å². The van der Waals surface area contributed by atoms with Crippen LogP contribution in [-0.4, -0.2) is 22.6 Å². The summed E-state index contributed by atoms with van der Waals surface area (Å²) in [5.41, 5.74) is 2.25. The molecule has 0 saturated heterocycles. The van der Waals surface area contributed by atoms with Crippen LogP contribution >= 0.6 is 105 Å². The molecule has 2 unspecified atom stereocenters. The monoisotopic (exact) mass is 578 g/mol. The Kier molecular flexibility index (Phi) is 11.8. The average molecular weight is 581 g/mol. The first-order valence-corrected chi connectivity index (χ1v) is 13.7. The molecule has 0 aromatic heterocycles. The fourth-order valence-electron chi connectivity index (χ4n) is 2.93. The Bertz CT molecular complexity index is 709. The Morgan fingerprint density at radius 3 is 1.30 bits per heavy atom. The molecule has 0 aliphatic rings. The summed E-state index contributed by atoms with van der Waals surface area (Å²) in [6.07, 6.45) is 0.837. The van der Waals surface area contributed by atoms with Gasteiger partial charge in [-0.1, -0.05) is 142 Å². The van der Waals surface area contributed by atoms with Crippen molar-refractivity contribution in [3.05, 3.63) is 71.8 Å². The molecule has 2 atom stereocenters. The predicted octanol–water partition coefficient (Wildman–Crippen LogP) is 9.83. The highest BCUT2D eigenvalue weighted by Crippen LogP contribution is 2.41. The molecule has 0 aliphatic carbocycles. The van der Waals surface area contributed by atoms with E-state index in [9.17, 15) is 0 Å². The molecule has 0 heterocycles. The van der Waals surface area contributed by atoms with E-state index in [1.54, 1.807) is 23.5 Å². The SMILES string of the molecule is S=C(SCC(CC(Cl)(Cl)Cl)c1ccccc1)SCC(CC(Cl)(Cl)Cl)c1ccccc1. The zero-order chi connectivity index (χ0) is 22.2. The van der Waals surface area contributed by atoms with Crippen molar-refractivity contribution in [1.82, 2.24) is 0 Å². The van der Waals surface area contributed by atoms with Gasteiger partial charge in [-0.05, 0) is 23.0 Å². The number of halogens is 6. The van der Waals surface area contributed by atoms with Gasteiger partial charge in [0.2, 0.25) is 0 Å². The van der Waals surface area contributed by atoms with E-state index in [4.69, 9.17) is 81.8 Å². The van der Waals surface area contributed by atoms with Crippen LogP contribution in [0.4, 0.5) is 0 Å². The van der Waals surface area contributed by atoms with Gasteiger partial charge in [0.1, 0.15) is 3.53 Å². The van der Waals surface area contributed by atoms with E-state index in [2.05, 4.69) is 0 Å². The van der Waals surface area contributed by atoms with Crippen molar-refractivity contribution in [3.63, 3.8) is 0 Å². The molecule has 2 aromatic carbocycles. The molecule has 9 heteroatoms. The van der Waals surface area contributed by atoms with Crippen molar-refractivity contribution >= 4 is 109 Å². The van der Waals surface area contributed by atoms with E-state index >= 15 is 0 Å². The minimum atomic E-state index is -1.32. The summed E-state index contributed by atoms with van der Waals surface area (Å²) in [6.45, 7) is 0. The molecule has 0 bridgehead atoms. The van der Waals surface area contributed by atoms with Gasteiger partial charge in [-0.2, -0.15) is 0 Å². The topological polar surface area (TPSA) is 0 Å². The Morgan fingerprint density at radius 2 is 1.00 bits per heavy atom. The molecule has 0 spiro atoms. The van der Waals surface area contributed by atoms with Gasteiger partial charge in [-0.25, -0.2) is 0 Å². The third-order valence-electron chi connectivity index (χ3n) is 4.30. The largest absolute Gasteiger partial charge is 0.191 e. The van der Waals surface area contributed by atoms with Crippen LogP contribution in [-0.2, 0) is 0 Å². The number of alkyl halides is 6. The van der Waals surface area contributed by atoms with E-state index in [1.165, 1.54) is 0 Å². The molecule has 0 nitrogen and oxygen atoms in total. The van der Waals surface area contributed by atoms with Gasteiger partial charge >= 0.3 is 0 Å². The fourth-order valence-corrected chi connectivity index (χ4v) is 6.50. The first kappa shape index (κ1) is 27.2. The van der Waals surface area contributed by atoms with Gasteiger partial charge in [0, 0.05) is 24.3 Å². The second-order valence-corrected chi connectivity index (χ2v) is 15.0. The fraction of sp³-hybridized carbons (Fsp3) is 0.381. The summed E-state index contributed by atoms with van der Waals surface area (Å²) < 4.78 is -1.82. The molecule has 0 fully saturated rings. The zero-order valence-corrected chi connectivity index (χ0v) is 22.7. The number of hydrogen-bond donors (Lipinski definition) is 0. The Hall–Kier alpha value is 0.970. The maximum Gasteiger partial charge on any atom is 0.191 e. The summed E-state index contributed by atoms with van der Waals surface area (Å²) in [6, 6.07) is 20.1. The van der Waals surface area contributed by atoms with Crippen molar-refractivity contribution < 1.29 is 0 Å². The third kappa shape index (κ3) is 11.2. The van der Waals surface area contributed by atoms with Crippen LogP contribution in [0.2, 0.25) is 0 Å². The van der Waals surface area contributed by atoms with Crippen LogP contribution in [0, 0.1) is 0 Å². The highest BCUT2D eigenvalue weighted by atomic mass is 35.6. The first-order valence-electron chi connectivity index (χ1n) is 9.06. The smallest absolute Gasteiger partial charge is 0.107 e. The molecular weight excluding hydrogens is 561 g/mol. The van der Waals surface area contributed by atoms with E-state index in [0.717, 1.165) is 26.2 Å². The van der Waals surface area contributed by atoms with E-state index in [0.29, 0.717) is 12.8 Å². The number of thiocarbonyl (C=S) groups is 1. The lowest BCUT2D eigenvalue weighted by atomic mass is 9.98. The number of rotatable bonds is 8. The summed E-state index contributed by atoms with van der Waals surface area (Å²) in [5, 5.41) is 0. The molecule has 0 saturated carbocycles. The normalized spacial score (nSPS) is 14.3. The first-order chi connectivity index (χ1) is 14.0. The quantitative estimate of drug-likeness (QED) is 0.225. The summed E-state index contributed by atoms with van der Waals surface area (Å²) in [5.74, 6) is 1.61. The van der Waals surface area contributed by atoms with Crippen LogP contribution in [0.15, 0.2) is 60.7 Å². The standard InChI is InChI=1S/C21H20Cl6S3/c22-20(23,24)11-17(15-7-3-1-4-8-15)13-29-19(28)30-14-18(12-21(25,26)27)16-9-5-2-6-10-16/h1-10,17-18H,11-14H2. The third-order valence-corrected chi connectivity index (χ3v) is 8.25. The maximum atomic E-state index is 6.07. The average Bonchev–Trinajstić information content (AvgIpc) is 2.68. The lowest BCUT2D eigenvalue weighted by Crippen LogP contribution is -2.14. The van der Waals surface area contributed by atoms with Gasteiger partial charge in [-0.3, -0.25) is 0 Å². The summed E-state index contributed by atoms with van der Waals surface area (Å²) in [4.78, 5) is 0. The van der Waals surface area contributed by atoms with Crippen molar-refractivity contribution in [3.8, 4) is 0 Å². The molecular formula is C21H20Cl6S3. The Morgan fingerprint density at radius 1 is 0.667 bits per heavy atom. The Labute approximate surface area is 222 Å². The van der Waals surface area contributed by atoms with Gasteiger partial charge in [0.05, 0.1) is 0 Å². The van der Waals surface area contributed by atoms with Gasteiger partial charge in [-0.15, -0.1) is 23.5 Å². The van der Waals surface area contributed by atoms with E-state index < -0.39 is 7.59 Å². The second kappa shape index (κ2) is 13.0. The predicted molar refractivity (Wildman–Crippen MR) is 146 cm³/mol. The zero-order valence-electron chi connectivity index (χ0n) is 15.7. The van der Waals surface area contributed by atoms with Crippen molar-refractivity contribution in [2.75, 3.05) is 11.5 Å². The van der Waals surface area contributed by atoms with E-state index in [1.807, 2.05) is 60.7 Å². The Balaban J connectivity index is 1.96. The molecule has 0 aliphatic heterocycles. The summed E-state index contributed by atoms with van der Waals surface area (Å²) in [7, 11) is 0. The minimum Gasteiger partial charge on any atom is -0.107 e. The highest BCUT2D eigenvalue weighted by Gasteiger charge is 2.28. The minimum absolute atomic E-state index is 0.0772. The van der Waals surface area contributed by atoms with Crippen LogP contribution < -0.4 is 0 Å². The lowest BCUT2D eigenvalue weighted by molar-refractivity contribution is 0.705. The van der Waals surface area contributed by atoms with Crippen LogP contribution in [0.3, 0.4) is 0 Å². The molecule has 30 heavy (non-hydrogen) atoms. The van der Waals surface area contributed by atoms with Crippen LogP contribution in [0.1, 0.15) is 35.8 Å². The van der Waals surface area contributed by atoms with Gasteiger partial charge in [0.25, 0.3) is 0 Å². The van der Waals surface area contributed by atoms with Gasteiger partial charge in [0.15, 0.2) is 7.59 Å². The molecule has 0 radical (unpaired) electrons. The number of hydrogen-bond acceptors (Lipinski definition) is 3. The van der Waals surface area contributed by atoms with Crippen LogP contribution in [0.5, 0.6) is 0 Å². The lowest BCUT2D eigenvalue weighted by Gasteiger charge is -2.23. The van der Waals surface area contributed by atoms with Crippen molar-refractivity contribution in [2.45, 2.75) is 32.3 Å². The maximum absolute atomic E-state index is 6.07. The molecule has 2 rings (SSSR count). The van der Waals surface area contributed by atoms with Gasteiger partial charge < -0.3 is 0 Å². The van der Waals surface area contributed by atoms with E-state index in [-0.39, 0.29) is 11.8 Å².